The molecule has 0 N–H and O–H groups in total. The van der Waals surface area contributed by atoms with Crippen LogP contribution in [0.2, 0.25) is 0 Å². The number of aliphatic imine (C=N–C) groups is 1. The van der Waals surface area contributed by atoms with Crippen molar-refractivity contribution in [3.05, 3.63) is 65.7 Å². The van der Waals surface area contributed by atoms with Crippen LogP contribution in [0.4, 0.5) is 5.69 Å². The molecule has 0 spiro atoms. The van der Waals surface area contributed by atoms with Gasteiger partial charge in [-0.1, -0.05) is 52.3 Å². The summed E-state index contributed by atoms with van der Waals surface area (Å²) >= 11 is 3.71. The SMILES string of the molecule is CN(C)CCC[C@@]1(CBr)OC(c2ccccc2)=Nc2ccccc21. The van der Waals surface area contributed by atoms with Crippen LogP contribution in [-0.2, 0) is 10.3 Å². The first-order valence-corrected chi connectivity index (χ1v) is 9.40. The summed E-state index contributed by atoms with van der Waals surface area (Å²) in [6, 6.07) is 18.4. The first kappa shape index (κ1) is 17.2. The fourth-order valence-corrected chi connectivity index (χ4v) is 3.76. The van der Waals surface area contributed by atoms with E-state index in [0.717, 1.165) is 36.0 Å². The van der Waals surface area contributed by atoms with Gasteiger partial charge in [0.2, 0.25) is 5.90 Å². The molecule has 0 saturated carbocycles. The lowest BCUT2D eigenvalue weighted by Gasteiger charge is -2.38. The maximum absolute atomic E-state index is 6.50. The van der Waals surface area contributed by atoms with Gasteiger partial charge in [0.15, 0.2) is 0 Å². The van der Waals surface area contributed by atoms with Crippen LogP contribution < -0.4 is 0 Å². The number of ether oxygens (including phenoxy) is 1. The van der Waals surface area contributed by atoms with Gasteiger partial charge in [-0.2, -0.15) is 0 Å². The van der Waals surface area contributed by atoms with Crippen LogP contribution in [0.5, 0.6) is 0 Å². The van der Waals surface area contributed by atoms with Crippen molar-refractivity contribution < 1.29 is 4.74 Å². The van der Waals surface area contributed by atoms with E-state index in [-0.39, 0.29) is 5.60 Å². The van der Waals surface area contributed by atoms with Crippen molar-refractivity contribution in [2.45, 2.75) is 18.4 Å². The molecule has 0 bridgehead atoms. The molecule has 0 aliphatic carbocycles. The Balaban J connectivity index is 1.98. The first-order chi connectivity index (χ1) is 11.6. The Morgan fingerprint density at radius 2 is 1.75 bits per heavy atom. The van der Waals surface area contributed by atoms with E-state index in [1.54, 1.807) is 0 Å². The monoisotopic (exact) mass is 386 g/mol. The van der Waals surface area contributed by atoms with Gasteiger partial charge < -0.3 is 9.64 Å². The predicted octanol–water partition coefficient (Wildman–Crippen LogP) is 4.73. The highest BCUT2D eigenvalue weighted by molar-refractivity contribution is 9.09. The zero-order valence-corrected chi connectivity index (χ0v) is 15.8. The Kier molecular flexibility index (Phi) is 5.36. The molecule has 2 aromatic rings. The molecule has 3 nitrogen and oxygen atoms in total. The summed E-state index contributed by atoms with van der Waals surface area (Å²) in [6.07, 6.45) is 2.01. The smallest absolute Gasteiger partial charge is 0.222 e. The Hall–Kier alpha value is -1.65. The van der Waals surface area contributed by atoms with Crippen molar-refractivity contribution in [2.75, 3.05) is 26.0 Å². The van der Waals surface area contributed by atoms with Gasteiger partial charge in [0.05, 0.1) is 5.69 Å². The predicted molar refractivity (Wildman–Crippen MR) is 103 cm³/mol. The minimum Gasteiger partial charge on any atom is -0.465 e. The number of hydrogen-bond acceptors (Lipinski definition) is 3. The normalized spacial score (nSPS) is 19.6. The fourth-order valence-electron chi connectivity index (χ4n) is 3.07. The van der Waals surface area contributed by atoms with E-state index in [9.17, 15) is 0 Å². The lowest BCUT2D eigenvalue weighted by atomic mass is 9.88. The molecule has 126 valence electrons. The van der Waals surface area contributed by atoms with Crippen molar-refractivity contribution in [1.82, 2.24) is 4.90 Å². The van der Waals surface area contributed by atoms with Crippen molar-refractivity contribution in [1.29, 1.82) is 0 Å². The fraction of sp³-hybridized carbons (Fsp3) is 0.350. The molecule has 4 heteroatoms. The average molecular weight is 387 g/mol. The van der Waals surface area contributed by atoms with Gasteiger partial charge in [-0.25, -0.2) is 4.99 Å². The van der Waals surface area contributed by atoms with Gasteiger partial charge in [-0.15, -0.1) is 0 Å². The van der Waals surface area contributed by atoms with Crippen LogP contribution in [0.1, 0.15) is 24.0 Å². The lowest BCUT2D eigenvalue weighted by molar-refractivity contribution is 0.0626. The molecule has 0 aromatic heterocycles. The summed E-state index contributed by atoms with van der Waals surface area (Å²) in [4.78, 5) is 6.98. The summed E-state index contributed by atoms with van der Waals surface area (Å²) in [5.41, 5.74) is 2.82. The summed E-state index contributed by atoms with van der Waals surface area (Å²) < 4.78 is 6.50. The molecule has 0 unspecified atom stereocenters. The van der Waals surface area contributed by atoms with E-state index < -0.39 is 0 Å². The maximum atomic E-state index is 6.50. The van der Waals surface area contributed by atoms with Crippen molar-refractivity contribution >= 4 is 27.5 Å². The minimum atomic E-state index is -0.375. The molecule has 3 rings (SSSR count). The largest absolute Gasteiger partial charge is 0.465 e. The number of hydrogen-bond donors (Lipinski definition) is 0. The van der Waals surface area contributed by atoms with Crippen LogP contribution in [0.15, 0.2) is 59.6 Å². The number of fused-ring (bicyclic) bond motifs is 1. The first-order valence-electron chi connectivity index (χ1n) is 8.28. The van der Waals surface area contributed by atoms with Crippen molar-refractivity contribution in [3.63, 3.8) is 0 Å². The number of halogens is 1. The van der Waals surface area contributed by atoms with Gasteiger partial charge in [-0.3, -0.25) is 0 Å². The molecule has 0 saturated heterocycles. The Bertz CT molecular complexity index is 715. The highest BCUT2D eigenvalue weighted by atomic mass is 79.9. The molecule has 24 heavy (non-hydrogen) atoms. The molecule has 0 amide bonds. The van der Waals surface area contributed by atoms with Crippen LogP contribution in [-0.4, -0.2) is 36.8 Å². The van der Waals surface area contributed by atoms with E-state index in [4.69, 9.17) is 9.73 Å². The second kappa shape index (κ2) is 7.49. The minimum absolute atomic E-state index is 0.375. The summed E-state index contributed by atoms with van der Waals surface area (Å²) in [5, 5.41) is 0.746. The number of benzene rings is 2. The topological polar surface area (TPSA) is 24.8 Å². The van der Waals surface area contributed by atoms with Crippen molar-refractivity contribution in [3.8, 4) is 0 Å². The van der Waals surface area contributed by atoms with Crippen LogP contribution in [0, 0.1) is 0 Å². The highest BCUT2D eigenvalue weighted by Crippen LogP contribution is 2.42. The lowest BCUT2D eigenvalue weighted by Crippen LogP contribution is -2.37. The molecule has 1 aliphatic rings. The summed E-state index contributed by atoms with van der Waals surface area (Å²) in [7, 11) is 4.21. The Morgan fingerprint density at radius 3 is 2.46 bits per heavy atom. The third-order valence-electron chi connectivity index (χ3n) is 4.33. The molecule has 1 atom stereocenters. The Morgan fingerprint density at radius 1 is 1.04 bits per heavy atom. The molecule has 2 aromatic carbocycles. The van der Waals surface area contributed by atoms with Gasteiger partial charge in [0.1, 0.15) is 5.60 Å². The third-order valence-corrected chi connectivity index (χ3v) is 5.24. The van der Waals surface area contributed by atoms with Gasteiger partial charge >= 0.3 is 0 Å². The molecular formula is C20H23BrN2O. The van der Waals surface area contributed by atoms with E-state index >= 15 is 0 Å². The number of nitrogens with zero attached hydrogens (tertiary/aromatic N) is 2. The highest BCUT2D eigenvalue weighted by Gasteiger charge is 2.39. The second-order valence-corrected chi connectivity index (χ2v) is 7.00. The van der Waals surface area contributed by atoms with E-state index in [2.05, 4.69) is 53.1 Å². The van der Waals surface area contributed by atoms with Crippen molar-refractivity contribution in [2.24, 2.45) is 4.99 Å². The van der Waals surface area contributed by atoms with E-state index in [0.29, 0.717) is 5.90 Å². The van der Waals surface area contributed by atoms with E-state index in [1.165, 1.54) is 5.56 Å². The van der Waals surface area contributed by atoms with Crippen LogP contribution in [0.3, 0.4) is 0 Å². The van der Waals surface area contributed by atoms with Crippen LogP contribution >= 0.6 is 15.9 Å². The summed E-state index contributed by atoms with van der Waals surface area (Å²) in [6.45, 7) is 1.04. The van der Waals surface area contributed by atoms with E-state index in [1.807, 2.05) is 36.4 Å². The van der Waals surface area contributed by atoms with Gasteiger partial charge in [0.25, 0.3) is 0 Å². The molecule has 0 radical (unpaired) electrons. The molecule has 0 fully saturated rings. The quantitative estimate of drug-likeness (QED) is 0.670. The zero-order chi connectivity index (χ0) is 17.0. The third kappa shape index (κ3) is 3.55. The second-order valence-electron chi connectivity index (χ2n) is 6.44. The maximum Gasteiger partial charge on any atom is 0.222 e. The molecule has 1 heterocycles. The standard InChI is InChI=1S/C20H23BrN2O/c1-23(2)14-8-13-20(15-21)17-11-6-7-12-18(17)22-19(24-20)16-9-4-3-5-10-16/h3-7,9-12H,8,13-15H2,1-2H3/t20-/m0/s1. The van der Waals surface area contributed by atoms with Gasteiger partial charge in [-0.05, 0) is 51.7 Å². The Labute approximate surface area is 152 Å². The summed E-state index contributed by atoms with van der Waals surface area (Å²) in [5.74, 6) is 0.707. The molecular weight excluding hydrogens is 364 g/mol. The van der Waals surface area contributed by atoms with Crippen LogP contribution in [0.25, 0.3) is 0 Å². The molecule has 1 aliphatic heterocycles. The average Bonchev–Trinajstić information content (AvgIpc) is 2.62. The zero-order valence-electron chi connectivity index (χ0n) is 14.2. The number of alkyl halides is 1. The van der Waals surface area contributed by atoms with Gasteiger partial charge in [0, 0.05) is 16.5 Å². The number of para-hydroxylation sites is 1. The number of rotatable bonds is 6.